The van der Waals surface area contributed by atoms with E-state index in [4.69, 9.17) is 21.6 Å². The predicted octanol–water partition coefficient (Wildman–Crippen LogP) is 3.93. The average Bonchev–Trinajstić information content (AvgIpc) is 3.59. The molecule has 9 nitrogen and oxygen atoms in total. The first kappa shape index (κ1) is 25.9. The van der Waals surface area contributed by atoms with Gasteiger partial charge in [-0.25, -0.2) is 19.9 Å². The molecule has 14 heteroatoms. The van der Waals surface area contributed by atoms with Crippen LogP contribution in [-0.4, -0.2) is 55.8 Å². The zero-order valence-electron chi connectivity index (χ0n) is 20.1. The van der Waals surface area contributed by atoms with Crippen molar-refractivity contribution in [3.8, 4) is 18.2 Å². The minimum atomic E-state index is -4.64. The van der Waals surface area contributed by atoms with E-state index in [0.717, 1.165) is 18.9 Å². The van der Waals surface area contributed by atoms with E-state index in [1.165, 1.54) is 24.7 Å². The van der Waals surface area contributed by atoms with Crippen molar-refractivity contribution >= 4 is 39.5 Å². The summed E-state index contributed by atoms with van der Waals surface area (Å²) in [5, 5.41) is 2.95. The molecule has 1 fully saturated rings. The van der Waals surface area contributed by atoms with Gasteiger partial charge in [-0.15, -0.1) is 6.42 Å². The third-order valence-electron chi connectivity index (χ3n) is 6.63. The van der Waals surface area contributed by atoms with Gasteiger partial charge in [0.2, 0.25) is 11.8 Å². The van der Waals surface area contributed by atoms with Crippen LogP contribution in [-0.2, 0) is 10.3 Å². The molecule has 5 rings (SSSR count). The van der Waals surface area contributed by atoms with Crippen molar-refractivity contribution in [3.05, 3.63) is 42.2 Å². The molecule has 3 N–H and O–H groups in total. The Morgan fingerprint density at radius 2 is 2.11 bits per heavy atom. The molecule has 0 bridgehead atoms. The fourth-order valence-corrected chi connectivity index (χ4v) is 6.57. The number of methoxy groups -OCH3 is 1. The first-order valence-corrected chi connectivity index (χ1v) is 12.1. The largest absolute Gasteiger partial charge is 0.463 e. The van der Waals surface area contributed by atoms with E-state index in [1.54, 1.807) is 13.0 Å². The second-order valence-corrected chi connectivity index (χ2v) is 10.4. The van der Waals surface area contributed by atoms with Gasteiger partial charge in [-0.2, -0.15) is 17.6 Å². The Bertz CT molecular complexity index is 1480. The van der Waals surface area contributed by atoms with Crippen LogP contribution in [0.4, 0.5) is 29.1 Å². The second-order valence-electron chi connectivity index (χ2n) is 8.98. The van der Waals surface area contributed by atoms with E-state index in [0.29, 0.717) is 22.5 Å². The van der Waals surface area contributed by atoms with Crippen molar-refractivity contribution in [1.82, 2.24) is 19.9 Å². The Hall–Kier alpha value is -3.70. The summed E-state index contributed by atoms with van der Waals surface area (Å²) in [7, 11) is 0.999. The molecule has 0 unspecified atom stereocenters. The zero-order chi connectivity index (χ0) is 27.3. The lowest BCUT2D eigenvalue weighted by Gasteiger charge is -2.37. The fourth-order valence-electron chi connectivity index (χ4n) is 4.99. The van der Waals surface area contributed by atoms with Gasteiger partial charge in [-0.05, 0) is 25.5 Å². The number of halogens is 4. The highest BCUT2D eigenvalue weighted by Gasteiger charge is 2.74. The van der Waals surface area contributed by atoms with Gasteiger partial charge in [0.15, 0.2) is 23.7 Å². The molecule has 4 atom stereocenters. The number of nitrogens with one attached hydrogen (secondary N) is 1. The number of ether oxygens (including phenoxy) is 2. The lowest BCUT2D eigenvalue weighted by Crippen LogP contribution is -2.48. The van der Waals surface area contributed by atoms with Crippen LogP contribution < -0.4 is 15.8 Å². The lowest BCUT2D eigenvalue weighted by atomic mass is 9.85. The number of hydrogen-bond donors (Lipinski definition) is 2. The summed E-state index contributed by atoms with van der Waals surface area (Å²) in [5.41, 5.74) is 5.73. The number of pyridine rings is 2. The Morgan fingerprint density at radius 3 is 2.82 bits per heavy atom. The number of hydrogen-bond acceptors (Lipinski definition) is 10. The van der Waals surface area contributed by atoms with Crippen molar-refractivity contribution in [3.63, 3.8) is 0 Å². The molecule has 2 aliphatic rings. The van der Waals surface area contributed by atoms with Crippen LogP contribution in [0.5, 0.6) is 5.88 Å². The molecule has 1 aliphatic carbocycles. The van der Waals surface area contributed by atoms with E-state index >= 15 is 4.39 Å². The molecule has 0 amide bonds. The van der Waals surface area contributed by atoms with Gasteiger partial charge in [0.25, 0.3) is 0 Å². The molecule has 3 aromatic rings. The first-order chi connectivity index (χ1) is 18.0. The van der Waals surface area contributed by atoms with Gasteiger partial charge >= 0.3 is 6.18 Å². The maximum Gasteiger partial charge on any atom is 0.416 e. The van der Waals surface area contributed by atoms with Crippen molar-refractivity contribution in [1.29, 1.82) is 0 Å². The van der Waals surface area contributed by atoms with Crippen molar-refractivity contribution in [2.45, 2.75) is 35.9 Å². The minimum Gasteiger partial charge on any atom is -0.463 e. The number of anilines is 2. The Kier molecular flexibility index (Phi) is 6.31. The zero-order valence-corrected chi connectivity index (χ0v) is 20.9. The van der Waals surface area contributed by atoms with Crippen LogP contribution in [0.2, 0.25) is 0 Å². The second kappa shape index (κ2) is 9.25. The summed E-state index contributed by atoms with van der Waals surface area (Å²) in [6.07, 6.45) is 2.67. The summed E-state index contributed by atoms with van der Waals surface area (Å²) in [6, 6.07) is 3.06. The highest BCUT2D eigenvalue weighted by molar-refractivity contribution is 8.15. The number of nitrogens with two attached hydrogens (primary N) is 1. The summed E-state index contributed by atoms with van der Waals surface area (Å²) in [4.78, 5) is 21.2. The van der Waals surface area contributed by atoms with Gasteiger partial charge in [0, 0.05) is 24.8 Å². The van der Waals surface area contributed by atoms with Gasteiger partial charge in [0.1, 0.15) is 5.52 Å². The van der Waals surface area contributed by atoms with Crippen LogP contribution >= 0.6 is 11.8 Å². The van der Waals surface area contributed by atoms with E-state index in [2.05, 4.69) is 36.2 Å². The number of rotatable bonds is 7. The van der Waals surface area contributed by atoms with Crippen LogP contribution in [0.3, 0.4) is 0 Å². The van der Waals surface area contributed by atoms with E-state index in [-0.39, 0.29) is 29.6 Å². The maximum atomic E-state index is 15.1. The molecule has 38 heavy (non-hydrogen) atoms. The molecule has 198 valence electrons. The van der Waals surface area contributed by atoms with E-state index < -0.39 is 34.4 Å². The molecule has 0 aromatic carbocycles. The Labute approximate surface area is 218 Å². The maximum absolute atomic E-state index is 15.1. The molecular formula is C24H21F4N7O2S. The molecule has 4 heterocycles. The monoisotopic (exact) mass is 547 g/mol. The quantitative estimate of drug-likeness (QED) is 0.258. The molecule has 3 aromatic heterocycles. The fraction of sp³-hybridized carbons (Fsp3) is 0.375. The number of amidine groups is 1. The van der Waals surface area contributed by atoms with Crippen molar-refractivity contribution in [2.24, 2.45) is 16.6 Å². The minimum absolute atomic E-state index is 0.00838. The van der Waals surface area contributed by atoms with E-state index in [1.807, 2.05) is 0 Å². The van der Waals surface area contributed by atoms with Gasteiger partial charge in [0.05, 0.1) is 33.9 Å². The number of thioether (sulfide) groups is 1. The van der Waals surface area contributed by atoms with Crippen LogP contribution in [0.25, 0.3) is 11.0 Å². The SMILES string of the molecule is C#CCOc1cnc2c(Nc3cnc(F)c([C@@]4(C)N=C(N)S[C@@]5([C@@H](OC)C(F)(F)F)C[C@H]54)c3)nccc2n1. The molecule has 1 aliphatic heterocycles. The topological polar surface area (TPSA) is 120 Å². The standard InChI is InChI=1S/C24H21F4N7O2S/c1-4-7-37-16-11-31-17-14(34-16)5-6-30-19(17)33-12-8-13(18(25)32-10-12)22(2)15-9-23(15,38-21(29)35-22)20(36-3)24(26,27)28/h1,5-6,8,10-11,15,20H,7,9H2,2-3H3,(H2,29,35)(H,30,33)/t15-,20+,22+,23-/m0/s1. The van der Waals surface area contributed by atoms with Gasteiger partial charge < -0.3 is 20.5 Å². The summed E-state index contributed by atoms with van der Waals surface area (Å²) >= 11 is 0.817. The van der Waals surface area contributed by atoms with Crippen molar-refractivity contribution < 1.29 is 27.0 Å². The summed E-state index contributed by atoms with van der Waals surface area (Å²) in [5.74, 6) is 1.30. The smallest absolute Gasteiger partial charge is 0.416 e. The van der Waals surface area contributed by atoms with Crippen LogP contribution in [0.15, 0.2) is 35.7 Å². The number of fused-ring (bicyclic) bond motifs is 2. The lowest BCUT2D eigenvalue weighted by molar-refractivity contribution is -0.216. The third-order valence-corrected chi connectivity index (χ3v) is 7.98. The summed E-state index contributed by atoms with van der Waals surface area (Å²) < 4.78 is 65.3. The number of aromatic nitrogens is 4. The number of alkyl halides is 3. The number of terminal acetylenes is 1. The van der Waals surface area contributed by atoms with Gasteiger partial charge in [-0.3, -0.25) is 4.99 Å². The number of nitrogens with zero attached hydrogens (tertiary/aromatic N) is 5. The normalized spacial score (nSPS) is 25.2. The molecule has 1 saturated carbocycles. The molecule has 0 spiro atoms. The summed E-state index contributed by atoms with van der Waals surface area (Å²) in [6.45, 7) is 1.58. The van der Waals surface area contributed by atoms with Crippen LogP contribution in [0, 0.1) is 24.2 Å². The molecule has 0 saturated heterocycles. The number of aliphatic imine (C=N–C) groups is 1. The first-order valence-electron chi connectivity index (χ1n) is 11.3. The van der Waals surface area contributed by atoms with Crippen LogP contribution in [0.1, 0.15) is 18.9 Å². The molecule has 0 radical (unpaired) electrons. The highest BCUT2D eigenvalue weighted by atomic mass is 32.2. The van der Waals surface area contributed by atoms with Gasteiger partial charge in [-0.1, -0.05) is 17.7 Å². The highest BCUT2D eigenvalue weighted by Crippen LogP contribution is 2.69. The predicted molar refractivity (Wildman–Crippen MR) is 133 cm³/mol. The van der Waals surface area contributed by atoms with Crippen molar-refractivity contribution in [2.75, 3.05) is 19.0 Å². The average molecular weight is 548 g/mol. The molecular weight excluding hydrogens is 526 g/mol. The third kappa shape index (κ3) is 4.35. The Balaban J connectivity index is 1.49. The Morgan fingerprint density at radius 1 is 1.32 bits per heavy atom. The van der Waals surface area contributed by atoms with E-state index in [9.17, 15) is 13.2 Å².